The lowest BCUT2D eigenvalue weighted by atomic mass is 10.1. The van der Waals surface area contributed by atoms with Crippen LogP contribution >= 0.6 is 0 Å². The van der Waals surface area contributed by atoms with E-state index in [1.165, 1.54) is 18.2 Å². The van der Waals surface area contributed by atoms with Crippen molar-refractivity contribution in [3.05, 3.63) is 23.8 Å². The number of carboxylic acids is 1. The number of carboxylic acid groups (broad SMARTS) is 1. The molecule has 0 saturated heterocycles. The Labute approximate surface area is 109 Å². The first-order chi connectivity index (χ1) is 8.97. The number of amides is 1. The van der Waals surface area contributed by atoms with Crippen LogP contribution in [0.3, 0.4) is 0 Å². The second-order valence-corrected chi connectivity index (χ2v) is 3.97. The minimum absolute atomic E-state index is 0.181. The number of hydrogen-bond donors (Lipinski definition) is 5. The molecule has 0 aliphatic rings. The minimum Gasteiger partial charge on any atom is -0.504 e. The maximum atomic E-state index is 11.8. The summed E-state index contributed by atoms with van der Waals surface area (Å²) in [6.07, 6.45) is 0.639. The summed E-state index contributed by atoms with van der Waals surface area (Å²) >= 11 is 0. The van der Waals surface area contributed by atoms with Crippen LogP contribution in [0.4, 0.5) is 0 Å². The Hall–Kier alpha value is -2.28. The molecular formula is C12H16N2O5. The third-order valence-corrected chi connectivity index (χ3v) is 2.56. The van der Waals surface area contributed by atoms with Crippen LogP contribution in [-0.4, -0.2) is 39.8 Å². The van der Waals surface area contributed by atoms with Crippen LogP contribution in [0.25, 0.3) is 0 Å². The van der Waals surface area contributed by atoms with Crippen LogP contribution < -0.4 is 11.1 Å². The average Bonchev–Trinajstić information content (AvgIpc) is 2.37. The Bertz CT molecular complexity index is 475. The minimum atomic E-state index is -1.18. The number of rotatable bonds is 6. The molecule has 0 aliphatic heterocycles. The van der Waals surface area contributed by atoms with Crippen molar-refractivity contribution in [3.63, 3.8) is 0 Å². The second-order valence-electron chi connectivity index (χ2n) is 3.97. The fraction of sp³-hybridized carbons (Fsp3) is 0.333. The Kier molecular flexibility index (Phi) is 5.13. The van der Waals surface area contributed by atoms with Crippen molar-refractivity contribution in [1.82, 2.24) is 5.32 Å². The van der Waals surface area contributed by atoms with E-state index >= 15 is 0 Å². The fourth-order valence-electron chi connectivity index (χ4n) is 1.53. The quantitative estimate of drug-likeness (QED) is 0.462. The molecule has 0 aromatic heterocycles. The number of nitrogens with two attached hydrogens (primary N) is 1. The molecule has 0 bridgehead atoms. The van der Waals surface area contributed by atoms with Gasteiger partial charge in [0.15, 0.2) is 11.5 Å². The molecule has 1 aromatic carbocycles. The number of aliphatic carboxylic acids is 1. The van der Waals surface area contributed by atoms with Crippen LogP contribution in [0.15, 0.2) is 18.2 Å². The molecule has 7 nitrogen and oxygen atoms in total. The maximum Gasteiger partial charge on any atom is 0.326 e. The van der Waals surface area contributed by atoms with Gasteiger partial charge in [-0.2, -0.15) is 0 Å². The molecule has 1 amide bonds. The van der Waals surface area contributed by atoms with Gasteiger partial charge in [-0.05, 0) is 31.5 Å². The number of aromatic hydroxyl groups is 2. The summed E-state index contributed by atoms with van der Waals surface area (Å²) in [6, 6.07) is 2.79. The van der Waals surface area contributed by atoms with Crippen LogP contribution in [-0.2, 0) is 4.79 Å². The number of phenolic OH excluding ortho intramolecular Hbond substituents is 2. The van der Waals surface area contributed by atoms with Crippen molar-refractivity contribution in [3.8, 4) is 11.5 Å². The summed E-state index contributed by atoms with van der Waals surface area (Å²) in [6.45, 7) is 0.316. The molecule has 6 N–H and O–H groups in total. The molecule has 0 radical (unpaired) electrons. The third kappa shape index (κ3) is 3.85. The van der Waals surface area contributed by atoms with E-state index in [9.17, 15) is 19.8 Å². The Balaban J connectivity index is 2.82. The molecule has 0 spiro atoms. The first kappa shape index (κ1) is 14.8. The summed E-state index contributed by atoms with van der Waals surface area (Å²) in [5, 5.41) is 30.0. The average molecular weight is 268 g/mol. The highest BCUT2D eigenvalue weighted by Gasteiger charge is 2.22. The standard InChI is InChI=1S/C12H16N2O5/c13-6-2-4-8(12(18)19)14-11(17)7-3-1-5-9(15)10(7)16/h1,3,5,8,15-16H,2,4,6,13H2,(H,14,17)(H,18,19)/t8-/m1/s1. The van der Waals surface area contributed by atoms with Crippen molar-refractivity contribution in [2.75, 3.05) is 6.54 Å². The zero-order valence-corrected chi connectivity index (χ0v) is 10.2. The van der Waals surface area contributed by atoms with Gasteiger partial charge >= 0.3 is 5.97 Å². The molecule has 104 valence electrons. The molecule has 0 heterocycles. The van der Waals surface area contributed by atoms with Gasteiger partial charge in [-0.25, -0.2) is 4.79 Å². The van der Waals surface area contributed by atoms with Crippen molar-refractivity contribution in [2.24, 2.45) is 5.73 Å². The van der Waals surface area contributed by atoms with Gasteiger partial charge in [0.1, 0.15) is 6.04 Å². The van der Waals surface area contributed by atoms with Crippen molar-refractivity contribution < 1.29 is 24.9 Å². The van der Waals surface area contributed by atoms with E-state index in [4.69, 9.17) is 10.8 Å². The van der Waals surface area contributed by atoms with E-state index in [1.54, 1.807) is 0 Å². The van der Waals surface area contributed by atoms with E-state index in [-0.39, 0.29) is 12.0 Å². The van der Waals surface area contributed by atoms with E-state index in [0.717, 1.165) is 0 Å². The largest absolute Gasteiger partial charge is 0.504 e. The highest BCUT2D eigenvalue weighted by atomic mass is 16.4. The van der Waals surface area contributed by atoms with Crippen molar-refractivity contribution in [2.45, 2.75) is 18.9 Å². The highest BCUT2D eigenvalue weighted by Crippen LogP contribution is 2.28. The van der Waals surface area contributed by atoms with E-state index in [2.05, 4.69) is 5.32 Å². The Morgan fingerprint density at radius 2 is 2.00 bits per heavy atom. The second kappa shape index (κ2) is 6.60. The first-order valence-corrected chi connectivity index (χ1v) is 5.72. The number of carbonyl (C=O) groups is 2. The summed E-state index contributed by atoms with van der Waals surface area (Å²) in [7, 11) is 0. The number of para-hydroxylation sites is 1. The molecule has 1 aromatic rings. The SMILES string of the molecule is NCCC[C@@H](NC(=O)c1cccc(O)c1O)C(=O)O. The van der Waals surface area contributed by atoms with Gasteiger partial charge in [-0.3, -0.25) is 4.79 Å². The number of phenols is 2. The molecule has 7 heteroatoms. The third-order valence-electron chi connectivity index (χ3n) is 2.56. The predicted molar refractivity (Wildman–Crippen MR) is 67.0 cm³/mol. The molecule has 19 heavy (non-hydrogen) atoms. The molecule has 1 atom stereocenters. The Morgan fingerprint density at radius 3 is 2.58 bits per heavy atom. The van der Waals surface area contributed by atoms with Gasteiger partial charge in [0.25, 0.3) is 5.91 Å². The van der Waals surface area contributed by atoms with Crippen molar-refractivity contribution in [1.29, 1.82) is 0 Å². The molecule has 0 fully saturated rings. The van der Waals surface area contributed by atoms with E-state index in [0.29, 0.717) is 13.0 Å². The smallest absolute Gasteiger partial charge is 0.326 e. The maximum absolute atomic E-state index is 11.8. The topological polar surface area (TPSA) is 133 Å². The van der Waals surface area contributed by atoms with Crippen LogP contribution in [0, 0.1) is 0 Å². The van der Waals surface area contributed by atoms with E-state index < -0.39 is 29.4 Å². The number of nitrogens with one attached hydrogen (secondary N) is 1. The van der Waals surface area contributed by atoms with Gasteiger partial charge in [-0.1, -0.05) is 6.07 Å². The molecular weight excluding hydrogens is 252 g/mol. The monoisotopic (exact) mass is 268 g/mol. The van der Waals surface area contributed by atoms with Crippen LogP contribution in [0.2, 0.25) is 0 Å². The fourth-order valence-corrected chi connectivity index (χ4v) is 1.53. The predicted octanol–water partition coefficient (Wildman–Crippen LogP) is 0.0197. The summed E-state index contributed by atoms with van der Waals surface area (Å²) < 4.78 is 0. The molecule has 0 unspecified atom stereocenters. The molecule has 0 saturated carbocycles. The molecule has 1 rings (SSSR count). The van der Waals surface area contributed by atoms with Gasteiger partial charge in [0.05, 0.1) is 5.56 Å². The number of hydrogen-bond acceptors (Lipinski definition) is 5. The normalized spacial score (nSPS) is 11.8. The van der Waals surface area contributed by atoms with Crippen molar-refractivity contribution >= 4 is 11.9 Å². The van der Waals surface area contributed by atoms with Gasteiger partial charge in [0, 0.05) is 0 Å². The van der Waals surface area contributed by atoms with Gasteiger partial charge in [0.2, 0.25) is 0 Å². The van der Waals surface area contributed by atoms with Gasteiger partial charge < -0.3 is 26.4 Å². The lowest BCUT2D eigenvalue weighted by Gasteiger charge is -2.14. The van der Waals surface area contributed by atoms with Crippen LogP contribution in [0.1, 0.15) is 23.2 Å². The summed E-state index contributed by atoms with van der Waals surface area (Å²) in [5.41, 5.74) is 5.10. The zero-order chi connectivity index (χ0) is 14.4. The zero-order valence-electron chi connectivity index (χ0n) is 10.2. The lowest BCUT2D eigenvalue weighted by Crippen LogP contribution is -2.41. The highest BCUT2D eigenvalue weighted by molar-refractivity contribution is 5.99. The van der Waals surface area contributed by atoms with E-state index in [1.807, 2.05) is 0 Å². The summed E-state index contributed by atoms with van der Waals surface area (Å²) in [5.74, 6) is -2.97. The molecule has 0 aliphatic carbocycles. The van der Waals surface area contributed by atoms with Gasteiger partial charge in [-0.15, -0.1) is 0 Å². The Morgan fingerprint density at radius 1 is 1.32 bits per heavy atom. The lowest BCUT2D eigenvalue weighted by molar-refractivity contribution is -0.139. The first-order valence-electron chi connectivity index (χ1n) is 5.72. The summed E-state index contributed by atoms with van der Waals surface area (Å²) in [4.78, 5) is 22.8. The number of benzene rings is 1. The van der Waals surface area contributed by atoms with Crippen LogP contribution in [0.5, 0.6) is 11.5 Å². The number of carbonyl (C=O) groups excluding carboxylic acids is 1.